The zero-order valence-electron chi connectivity index (χ0n) is 11.3. The second kappa shape index (κ2) is 8.71. The topological polar surface area (TPSA) is 64.6 Å². The first kappa shape index (κ1) is 16.7. The average molecular weight is 318 g/mol. The number of hydrogen-bond acceptors (Lipinski definition) is 5. The van der Waals surface area contributed by atoms with Gasteiger partial charge in [-0.2, -0.15) is 0 Å². The molecule has 0 atom stereocenters. The number of amides is 1. The number of carbonyl (C=O) groups is 2. The standard InChI is InChI=1S/C13H16ClNO4S/c1-3-19-13(17)8-20-7-12(16)15-9-4-5-11(18-2)10(14)6-9/h4-6H,3,7-8H2,1-2H3,(H,15,16). The van der Waals surface area contributed by atoms with Crippen molar-refractivity contribution < 1.29 is 19.1 Å². The number of halogens is 1. The Bertz CT molecular complexity index is 481. The molecule has 0 spiro atoms. The van der Waals surface area contributed by atoms with Crippen molar-refractivity contribution in [2.24, 2.45) is 0 Å². The van der Waals surface area contributed by atoms with Crippen LogP contribution in [0, 0.1) is 0 Å². The molecule has 20 heavy (non-hydrogen) atoms. The molecule has 1 aromatic rings. The maximum atomic E-state index is 11.7. The van der Waals surface area contributed by atoms with E-state index >= 15 is 0 Å². The highest BCUT2D eigenvalue weighted by Crippen LogP contribution is 2.27. The van der Waals surface area contributed by atoms with E-state index in [1.807, 2.05) is 0 Å². The van der Waals surface area contributed by atoms with E-state index in [2.05, 4.69) is 5.32 Å². The molecule has 0 heterocycles. The fraction of sp³-hybridized carbons (Fsp3) is 0.385. The summed E-state index contributed by atoms with van der Waals surface area (Å²) in [4.78, 5) is 22.8. The SMILES string of the molecule is CCOC(=O)CSCC(=O)Nc1ccc(OC)c(Cl)c1. The van der Waals surface area contributed by atoms with Crippen LogP contribution in [0.1, 0.15) is 6.92 Å². The van der Waals surface area contributed by atoms with E-state index in [9.17, 15) is 9.59 Å². The molecule has 0 saturated heterocycles. The van der Waals surface area contributed by atoms with Crippen LogP contribution < -0.4 is 10.1 Å². The van der Waals surface area contributed by atoms with Crippen molar-refractivity contribution in [3.8, 4) is 5.75 Å². The molecule has 1 amide bonds. The zero-order chi connectivity index (χ0) is 15.0. The number of methoxy groups -OCH3 is 1. The lowest BCUT2D eigenvalue weighted by molar-refractivity contribution is -0.139. The Hall–Kier alpha value is -1.40. The van der Waals surface area contributed by atoms with Crippen LogP contribution in [0.3, 0.4) is 0 Å². The van der Waals surface area contributed by atoms with Crippen LogP contribution in [-0.4, -0.2) is 37.1 Å². The summed E-state index contributed by atoms with van der Waals surface area (Å²) in [7, 11) is 1.52. The van der Waals surface area contributed by atoms with Crippen LogP contribution in [-0.2, 0) is 14.3 Å². The highest BCUT2D eigenvalue weighted by molar-refractivity contribution is 8.00. The monoisotopic (exact) mass is 317 g/mol. The molecule has 0 saturated carbocycles. The van der Waals surface area contributed by atoms with Gasteiger partial charge in [0.1, 0.15) is 5.75 Å². The van der Waals surface area contributed by atoms with Crippen molar-refractivity contribution in [3.05, 3.63) is 23.2 Å². The maximum Gasteiger partial charge on any atom is 0.315 e. The largest absolute Gasteiger partial charge is 0.495 e. The van der Waals surface area contributed by atoms with Gasteiger partial charge in [-0.05, 0) is 25.1 Å². The molecule has 0 radical (unpaired) electrons. The Morgan fingerprint density at radius 2 is 2.10 bits per heavy atom. The van der Waals surface area contributed by atoms with Gasteiger partial charge in [-0.3, -0.25) is 9.59 Å². The first-order chi connectivity index (χ1) is 9.56. The Kier molecular flexibility index (Phi) is 7.25. The predicted octanol–water partition coefficient (Wildman–Crippen LogP) is 2.58. The molecule has 110 valence electrons. The Morgan fingerprint density at radius 1 is 1.35 bits per heavy atom. The van der Waals surface area contributed by atoms with Gasteiger partial charge in [0.15, 0.2) is 0 Å². The van der Waals surface area contributed by atoms with Gasteiger partial charge in [0, 0.05) is 5.69 Å². The van der Waals surface area contributed by atoms with Crippen LogP contribution in [0.2, 0.25) is 5.02 Å². The molecular formula is C13H16ClNO4S. The number of rotatable bonds is 7. The quantitative estimate of drug-likeness (QED) is 0.783. The summed E-state index contributed by atoms with van der Waals surface area (Å²) < 4.78 is 9.78. The fourth-order valence-electron chi connectivity index (χ4n) is 1.37. The lowest BCUT2D eigenvalue weighted by Crippen LogP contribution is -2.16. The van der Waals surface area contributed by atoms with Gasteiger partial charge in [0.25, 0.3) is 0 Å². The van der Waals surface area contributed by atoms with Crippen molar-refractivity contribution in [3.63, 3.8) is 0 Å². The smallest absolute Gasteiger partial charge is 0.315 e. The van der Waals surface area contributed by atoms with Crippen LogP contribution in [0.4, 0.5) is 5.69 Å². The number of esters is 1. The lowest BCUT2D eigenvalue weighted by Gasteiger charge is -2.08. The number of ether oxygens (including phenoxy) is 2. The Labute approximate surface area is 127 Å². The Morgan fingerprint density at radius 3 is 2.70 bits per heavy atom. The Balaban J connectivity index is 2.39. The van der Waals surface area contributed by atoms with Crippen molar-refractivity contribution in [2.45, 2.75) is 6.92 Å². The van der Waals surface area contributed by atoms with Crippen molar-refractivity contribution in [1.82, 2.24) is 0 Å². The molecule has 5 nitrogen and oxygen atoms in total. The summed E-state index contributed by atoms with van der Waals surface area (Å²) in [5, 5.41) is 3.11. The van der Waals surface area contributed by atoms with Crippen LogP contribution in [0.15, 0.2) is 18.2 Å². The summed E-state index contributed by atoms with van der Waals surface area (Å²) in [5.41, 5.74) is 0.581. The molecule has 0 aliphatic rings. The van der Waals surface area contributed by atoms with E-state index in [1.165, 1.54) is 18.9 Å². The van der Waals surface area contributed by atoms with Gasteiger partial charge < -0.3 is 14.8 Å². The second-order valence-electron chi connectivity index (χ2n) is 3.70. The van der Waals surface area contributed by atoms with Gasteiger partial charge in [-0.1, -0.05) is 11.6 Å². The number of thioether (sulfide) groups is 1. The minimum atomic E-state index is -0.321. The zero-order valence-corrected chi connectivity index (χ0v) is 12.8. The predicted molar refractivity (Wildman–Crippen MR) is 80.6 cm³/mol. The minimum Gasteiger partial charge on any atom is -0.495 e. The third-order valence-electron chi connectivity index (χ3n) is 2.19. The van der Waals surface area contributed by atoms with Gasteiger partial charge >= 0.3 is 5.97 Å². The van der Waals surface area contributed by atoms with E-state index < -0.39 is 0 Å². The van der Waals surface area contributed by atoms with Crippen LogP contribution >= 0.6 is 23.4 Å². The number of hydrogen-bond donors (Lipinski definition) is 1. The minimum absolute atomic E-state index is 0.157. The molecule has 0 aliphatic heterocycles. The second-order valence-corrected chi connectivity index (χ2v) is 5.09. The molecule has 0 bridgehead atoms. The van der Waals surface area contributed by atoms with E-state index in [1.54, 1.807) is 25.1 Å². The van der Waals surface area contributed by atoms with Gasteiger partial charge in [0.2, 0.25) is 5.91 Å². The third-order valence-corrected chi connectivity index (χ3v) is 3.40. The summed E-state index contributed by atoms with van der Waals surface area (Å²) in [6, 6.07) is 4.97. The van der Waals surface area contributed by atoms with E-state index in [-0.39, 0.29) is 23.4 Å². The number of benzene rings is 1. The highest BCUT2D eigenvalue weighted by atomic mass is 35.5. The molecule has 0 aliphatic carbocycles. The lowest BCUT2D eigenvalue weighted by atomic mass is 10.3. The molecule has 1 aromatic carbocycles. The third kappa shape index (κ3) is 5.71. The number of nitrogens with one attached hydrogen (secondary N) is 1. The molecule has 0 fully saturated rings. The molecule has 0 aromatic heterocycles. The van der Waals surface area contributed by atoms with Gasteiger partial charge in [0.05, 0.1) is 30.2 Å². The number of anilines is 1. The molecule has 1 N–H and O–H groups in total. The van der Waals surface area contributed by atoms with Gasteiger partial charge in [-0.15, -0.1) is 11.8 Å². The van der Waals surface area contributed by atoms with Gasteiger partial charge in [-0.25, -0.2) is 0 Å². The molecular weight excluding hydrogens is 302 g/mol. The number of carbonyl (C=O) groups excluding carboxylic acids is 2. The van der Waals surface area contributed by atoms with Crippen molar-refractivity contribution in [2.75, 3.05) is 30.5 Å². The first-order valence-corrected chi connectivity index (χ1v) is 7.46. The molecule has 7 heteroatoms. The summed E-state index contributed by atoms with van der Waals surface area (Å²) in [6.45, 7) is 2.08. The summed E-state index contributed by atoms with van der Waals surface area (Å²) >= 11 is 7.15. The van der Waals surface area contributed by atoms with E-state index in [0.29, 0.717) is 23.1 Å². The highest BCUT2D eigenvalue weighted by Gasteiger charge is 2.08. The van der Waals surface area contributed by atoms with Crippen LogP contribution in [0.5, 0.6) is 5.75 Å². The summed E-state index contributed by atoms with van der Waals surface area (Å²) in [5.74, 6) is 0.340. The average Bonchev–Trinajstić information content (AvgIpc) is 2.39. The van der Waals surface area contributed by atoms with E-state index in [4.69, 9.17) is 21.1 Å². The maximum absolute atomic E-state index is 11.7. The molecule has 0 unspecified atom stereocenters. The molecule has 1 rings (SSSR count). The first-order valence-electron chi connectivity index (χ1n) is 5.93. The van der Waals surface area contributed by atoms with Crippen LogP contribution in [0.25, 0.3) is 0 Å². The van der Waals surface area contributed by atoms with E-state index in [0.717, 1.165) is 0 Å². The van der Waals surface area contributed by atoms with Crippen molar-refractivity contribution >= 4 is 40.9 Å². The fourth-order valence-corrected chi connectivity index (χ4v) is 2.24. The van der Waals surface area contributed by atoms with Crippen molar-refractivity contribution in [1.29, 1.82) is 0 Å². The normalized spacial score (nSPS) is 9.95. The summed E-state index contributed by atoms with van der Waals surface area (Å²) in [6.07, 6.45) is 0.